The molecule has 1 N–H and O–H groups in total. The van der Waals surface area contributed by atoms with Crippen LogP contribution in [0.25, 0.3) is 0 Å². The average molecular weight is 389 g/mol. The first kappa shape index (κ1) is 18.1. The van der Waals surface area contributed by atoms with Crippen molar-refractivity contribution in [1.29, 1.82) is 0 Å². The number of benzene rings is 1. The Hall–Kier alpha value is -2.72. The van der Waals surface area contributed by atoms with Crippen molar-refractivity contribution < 1.29 is 14.1 Å². The average Bonchev–Trinajstić information content (AvgIpc) is 3.27. The molecule has 0 unspecified atom stereocenters. The number of para-hydroxylation sites is 1. The molecule has 0 bridgehead atoms. The highest BCUT2D eigenvalue weighted by Gasteiger charge is 2.15. The van der Waals surface area contributed by atoms with Gasteiger partial charge >= 0.3 is 0 Å². The normalized spacial score (nSPS) is 10.5. The number of rotatable bonds is 8. The number of aromatic nitrogens is 4. The molecule has 26 heavy (non-hydrogen) atoms. The number of carbonyl (C=O) groups is 1. The number of thioether (sulfide) groups is 1. The maximum atomic E-state index is 12.5. The van der Waals surface area contributed by atoms with Gasteiger partial charge in [0, 0.05) is 12.7 Å². The van der Waals surface area contributed by atoms with Crippen molar-refractivity contribution in [3.8, 4) is 5.75 Å². The van der Waals surface area contributed by atoms with Crippen LogP contribution in [0.2, 0.25) is 0 Å². The lowest BCUT2D eigenvalue weighted by Gasteiger charge is -2.09. The molecule has 3 aromatic rings. The summed E-state index contributed by atoms with van der Waals surface area (Å²) in [5, 5.41) is 14.9. The number of amides is 1. The van der Waals surface area contributed by atoms with E-state index >= 15 is 0 Å². The number of aryl methyl sites for hydroxylation is 1. The number of nitrogens with zero attached hydrogens (tertiary/aromatic N) is 4. The highest BCUT2D eigenvalue weighted by molar-refractivity contribution is 8.01. The first-order valence-electron chi connectivity index (χ1n) is 7.55. The number of anilines is 1. The van der Waals surface area contributed by atoms with Crippen LogP contribution in [0.15, 0.2) is 45.8 Å². The molecule has 2 aromatic heterocycles. The third-order valence-electron chi connectivity index (χ3n) is 3.01. The molecular formula is C16H15N5O3S2. The third kappa shape index (κ3) is 4.67. The predicted octanol–water partition coefficient (Wildman–Crippen LogP) is 3.34. The Labute approximate surface area is 157 Å². The molecule has 0 aliphatic heterocycles. The van der Waals surface area contributed by atoms with Crippen LogP contribution >= 0.6 is 23.1 Å². The number of carbonyl (C=O) groups excluding carboxylic acids is 1. The van der Waals surface area contributed by atoms with Crippen molar-refractivity contribution in [3.63, 3.8) is 0 Å². The van der Waals surface area contributed by atoms with Crippen LogP contribution in [0.4, 0.5) is 5.13 Å². The summed E-state index contributed by atoms with van der Waals surface area (Å²) >= 11 is 2.81. The van der Waals surface area contributed by atoms with Gasteiger partial charge in [-0.2, -0.15) is 4.98 Å². The van der Waals surface area contributed by atoms with Crippen molar-refractivity contribution in [1.82, 2.24) is 20.3 Å². The molecule has 1 amide bonds. The Kier molecular flexibility index (Phi) is 5.97. The van der Waals surface area contributed by atoms with Crippen LogP contribution in [0.1, 0.15) is 22.1 Å². The van der Waals surface area contributed by atoms with Crippen molar-refractivity contribution in [2.45, 2.75) is 17.9 Å². The molecule has 1 aromatic carbocycles. The lowest BCUT2D eigenvalue weighted by atomic mass is 10.2. The Morgan fingerprint density at radius 3 is 3.04 bits per heavy atom. The van der Waals surface area contributed by atoms with Crippen LogP contribution in [0.5, 0.6) is 5.75 Å². The lowest BCUT2D eigenvalue weighted by molar-refractivity contribution is 0.102. The molecule has 134 valence electrons. The lowest BCUT2D eigenvalue weighted by Crippen LogP contribution is -2.13. The maximum Gasteiger partial charge on any atom is 0.261 e. The minimum absolute atomic E-state index is 0.1000. The second kappa shape index (κ2) is 8.59. The van der Waals surface area contributed by atoms with Gasteiger partial charge in [0.05, 0.1) is 5.56 Å². The summed E-state index contributed by atoms with van der Waals surface area (Å²) in [6.07, 6.45) is 1.78. The molecule has 0 spiro atoms. The zero-order valence-electron chi connectivity index (χ0n) is 13.8. The fraction of sp³-hybridized carbons (Fsp3) is 0.188. The van der Waals surface area contributed by atoms with E-state index in [1.54, 1.807) is 37.3 Å². The van der Waals surface area contributed by atoms with Gasteiger partial charge in [-0.25, -0.2) is 0 Å². The highest BCUT2D eigenvalue weighted by atomic mass is 32.2. The van der Waals surface area contributed by atoms with Gasteiger partial charge in [0.15, 0.2) is 10.9 Å². The van der Waals surface area contributed by atoms with E-state index < -0.39 is 0 Å². The summed E-state index contributed by atoms with van der Waals surface area (Å²) in [6, 6.07) is 6.90. The van der Waals surface area contributed by atoms with E-state index in [1.807, 2.05) is 0 Å². The summed E-state index contributed by atoms with van der Waals surface area (Å²) in [5.41, 5.74) is 0.378. The fourth-order valence-electron chi connectivity index (χ4n) is 1.94. The molecule has 0 saturated carbocycles. The first-order chi connectivity index (χ1) is 12.7. The second-order valence-corrected chi connectivity index (χ2v) is 7.19. The third-order valence-corrected chi connectivity index (χ3v) is 4.98. The Balaban J connectivity index is 1.67. The van der Waals surface area contributed by atoms with Crippen LogP contribution in [-0.2, 0) is 6.61 Å². The quantitative estimate of drug-likeness (QED) is 0.355. The predicted molar refractivity (Wildman–Crippen MR) is 98.6 cm³/mol. The number of ether oxygens (including phenoxy) is 1. The second-order valence-electron chi connectivity index (χ2n) is 4.94. The summed E-state index contributed by atoms with van der Waals surface area (Å²) in [5.74, 6) is 1.68. The monoisotopic (exact) mass is 389 g/mol. The minimum Gasteiger partial charge on any atom is -0.485 e. The van der Waals surface area contributed by atoms with E-state index in [0.717, 1.165) is 10.1 Å². The molecule has 0 saturated heterocycles. The summed E-state index contributed by atoms with van der Waals surface area (Å²) in [4.78, 5) is 16.6. The zero-order valence-corrected chi connectivity index (χ0v) is 15.5. The van der Waals surface area contributed by atoms with E-state index in [2.05, 4.69) is 32.2 Å². The molecule has 0 atom stereocenters. The number of hydrogen-bond acceptors (Lipinski definition) is 9. The molecule has 0 aliphatic carbocycles. The standard InChI is InChI=1S/C16H15N5O3S2/c1-3-8-25-16-20-19-15(26-16)18-14(22)11-6-4-5-7-12(11)23-9-13-17-10(2)24-21-13/h3-7H,1,8-9H2,2H3,(H,18,19,22). The summed E-state index contributed by atoms with van der Waals surface area (Å²) in [6.45, 7) is 5.45. The van der Waals surface area contributed by atoms with Gasteiger partial charge in [0.1, 0.15) is 5.75 Å². The molecular weight excluding hydrogens is 374 g/mol. The van der Waals surface area contributed by atoms with Crippen LogP contribution < -0.4 is 10.1 Å². The van der Waals surface area contributed by atoms with Gasteiger partial charge in [-0.15, -0.1) is 16.8 Å². The van der Waals surface area contributed by atoms with E-state index in [1.165, 1.54) is 23.1 Å². The molecule has 0 radical (unpaired) electrons. The molecule has 8 nitrogen and oxygen atoms in total. The van der Waals surface area contributed by atoms with Crippen molar-refractivity contribution >= 4 is 34.1 Å². The Morgan fingerprint density at radius 2 is 2.27 bits per heavy atom. The largest absolute Gasteiger partial charge is 0.485 e. The highest BCUT2D eigenvalue weighted by Crippen LogP contribution is 2.27. The fourth-order valence-corrected chi connectivity index (χ4v) is 3.44. The molecule has 3 rings (SSSR count). The van der Waals surface area contributed by atoms with E-state index in [0.29, 0.717) is 28.2 Å². The summed E-state index contributed by atoms with van der Waals surface area (Å²) < 4.78 is 11.3. The number of nitrogens with one attached hydrogen (secondary N) is 1. The maximum absolute atomic E-state index is 12.5. The first-order valence-corrected chi connectivity index (χ1v) is 9.35. The van der Waals surface area contributed by atoms with Gasteiger partial charge in [0.2, 0.25) is 16.8 Å². The zero-order chi connectivity index (χ0) is 18.4. The van der Waals surface area contributed by atoms with Gasteiger partial charge in [0.25, 0.3) is 5.91 Å². The van der Waals surface area contributed by atoms with E-state index in [9.17, 15) is 4.79 Å². The van der Waals surface area contributed by atoms with Crippen LogP contribution in [0, 0.1) is 6.92 Å². The van der Waals surface area contributed by atoms with Crippen molar-refractivity contribution in [2.75, 3.05) is 11.1 Å². The van der Waals surface area contributed by atoms with Gasteiger partial charge in [-0.3, -0.25) is 10.1 Å². The Bertz CT molecular complexity index is 909. The topological polar surface area (TPSA) is 103 Å². The number of hydrogen-bond donors (Lipinski definition) is 1. The SMILES string of the molecule is C=CCSc1nnc(NC(=O)c2ccccc2OCc2noc(C)n2)s1. The van der Waals surface area contributed by atoms with Crippen molar-refractivity contribution in [2.24, 2.45) is 0 Å². The van der Waals surface area contributed by atoms with Crippen LogP contribution in [-0.4, -0.2) is 32.0 Å². The molecule has 0 aliphatic rings. The molecule has 10 heteroatoms. The van der Waals surface area contributed by atoms with E-state index in [4.69, 9.17) is 9.26 Å². The van der Waals surface area contributed by atoms with E-state index in [-0.39, 0.29) is 12.5 Å². The Morgan fingerprint density at radius 1 is 1.42 bits per heavy atom. The van der Waals surface area contributed by atoms with Crippen molar-refractivity contribution in [3.05, 3.63) is 54.2 Å². The van der Waals surface area contributed by atoms with Gasteiger partial charge in [-0.1, -0.05) is 46.5 Å². The smallest absolute Gasteiger partial charge is 0.261 e. The molecule has 0 fully saturated rings. The van der Waals surface area contributed by atoms with Gasteiger partial charge in [-0.05, 0) is 12.1 Å². The summed E-state index contributed by atoms with van der Waals surface area (Å²) in [7, 11) is 0. The molecule has 2 heterocycles. The van der Waals surface area contributed by atoms with Gasteiger partial charge < -0.3 is 9.26 Å². The minimum atomic E-state index is -0.332. The van der Waals surface area contributed by atoms with Crippen LogP contribution in [0.3, 0.4) is 0 Å².